The first-order valence-electron chi connectivity index (χ1n) is 18.0. The Morgan fingerprint density at radius 1 is 0.774 bits per heavy atom. The minimum Gasteiger partial charge on any atom is -0.480 e. The molecular formula is C39H43F8N9O5S. The molecule has 23 heteroatoms. The second-order valence-corrected chi connectivity index (χ2v) is 14.8. The van der Waals surface area contributed by atoms with Crippen LogP contribution in [0.1, 0.15) is 77.2 Å². The summed E-state index contributed by atoms with van der Waals surface area (Å²) in [5.74, 6) is -6.17. The van der Waals surface area contributed by atoms with Gasteiger partial charge in [-0.15, -0.1) is 0 Å². The number of carbonyl (C=O) groups is 2. The summed E-state index contributed by atoms with van der Waals surface area (Å²) in [6.45, 7) is 0.403. The molecule has 336 valence electrons. The van der Waals surface area contributed by atoms with Gasteiger partial charge in [-0.05, 0) is 69.4 Å². The summed E-state index contributed by atoms with van der Waals surface area (Å²) in [6, 6.07) is 4.32. The van der Waals surface area contributed by atoms with Crippen molar-refractivity contribution in [2.24, 2.45) is 10.7 Å². The first-order chi connectivity index (χ1) is 28.6. The van der Waals surface area contributed by atoms with Crippen molar-refractivity contribution in [2.75, 3.05) is 33.3 Å². The number of aliphatic imine (C=N–C) groups is 1. The van der Waals surface area contributed by atoms with Crippen molar-refractivity contribution in [3.8, 4) is 11.8 Å². The van der Waals surface area contributed by atoms with Crippen LogP contribution in [0.3, 0.4) is 0 Å². The maximum atomic E-state index is 14.6. The highest BCUT2D eigenvalue weighted by molar-refractivity contribution is 7.80. The fourth-order valence-electron chi connectivity index (χ4n) is 6.16. The van der Waals surface area contributed by atoms with Crippen molar-refractivity contribution in [1.29, 1.82) is 0 Å². The normalized spacial score (nSPS) is 22.8. The Kier molecular flexibility index (Phi) is 16.4. The number of amidine groups is 1. The van der Waals surface area contributed by atoms with Gasteiger partial charge in [0.05, 0.1) is 50.1 Å². The van der Waals surface area contributed by atoms with E-state index in [1.165, 1.54) is 51.9 Å². The first kappa shape index (κ1) is 50.3. The summed E-state index contributed by atoms with van der Waals surface area (Å²) in [5.41, 5.74) is 3.82. The van der Waals surface area contributed by atoms with Crippen LogP contribution >= 0.6 is 12.2 Å². The molecule has 1 saturated heterocycles. The minimum atomic E-state index is -2.42. The number of anilines is 1. The number of nitrogen functional groups attached to an aromatic ring is 1. The molecule has 4 aromatic rings. The fraction of sp³-hybridized carbons (Fsp3) is 0.385. The summed E-state index contributed by atoms with van der Waals surface area (Å²) < 4.78 is 120. The zero-order valence-corrected chi connectivity index (χ0v) is 34.5. The number of rotatable bonds is 10. The summed E-state index contributed by atoms with van der Waals surface area (Å²) in [4.78, 5) is 41.4. The monoisotopic (exact) mass is 901 g/mol. The average Bonchev–Trinajstić information content (AvgIpc) is 3.24. The largest absolute Gasteiger partial charge is 0.480 e. The number of carboxylic acids is 1. The molecule has 14 nitrogen and oxygen atoms in total. The molecule has 4 atom stereocenters. The Bertz CT molecular complexity index is 2300. The van der Waals surface area contributed by atoms with E-state index in [1.807, 2.05) is 0 Å². The number of alkyl halides is 4. The summed E-state index contributed by atoms with van der Waals surface area (Å²) >= 11 is 4.82. The summed E-state index contributed by atoms with van der Waals surface area (Å²) in [7, 11) is 2.83. The van der Waals surface area contributed by atoms with Gasteiger partial charge in [-0.2, -0.15) is 0 Å². The van der Waals surface area contributed by atoms with Gasteiger partial charge in [-0.1, -0.05) is 12.2 Å². The van der Waals surface area contributed by atoms with E-state index in [9.17, 15) is 44.7 Å². The number of nitrogens with two attached hydrogens (primary N) is 2. The molecule has 0 aliphatic carbocycles. The summed E-state index contributed by atoms with van der Waals surface area (Å²) in [5, 5.41) is 11.0. The molecule has 9 N–H and O–H groups in total. The number of ketones is 1. The number of benzene rings is 2. The molecule has 4 heterocycles. The molecule has 2 aromatic heterocycles. The molecule has 2 aromatic carbocycles. The van der Waals surface area contributed by atoms with Crippen molar-refractivity contribution in [2.45, 2.75) is 68.4 Å². The van der Waals surface area contributed by atoms with Gasteiger partial charge < -0.3 is 37.5 Å². The van der Waals surface area contributed by atoms with Gasteiger partial charge in [-0.25, -0.2) is 59.9 Å². The van der Waals surface area contributed by atoms with Gasteiger partial charge in [0.2, 0.25) is 11.8 Å². The van der Waals surface area contributed by atoms with Gasteiger partial charge >= 0.3 is 5.97 Å². The smallest absolute Gasteiger partial charge is 0.356 e. The number of carbonyl (C=O) groups excluding carboxylic acids is 1. The lowest BCUT2D eigenvalue weighted by Crippen LogP contribution is -2.57. The molecule has 62 heavy (non-hydrogen) atoms. The van der Waals surface area contributed by atoms with Gasteiger partial charge in [0.1, 0.15) is 29.9 Å². The Morgan fingerprint density at radius 2 is 1.31 bits per heavy atom. The van der Waals surface area contributed by atoms with E-state index in [-0.39, 0.29) is 82.9 Å². The molecule has 1 fully saturated rings. The molecule has 0 radical (unpaired) electrons. The van der Waals surface area contributed by atoms with Gasteiger partial charge in [0, 0.05) is 23.2 Å². The maximum absolute atomic E-state index is 14.6. The number of hydrogen-bond acceptors (Lipinski definition) is 13. The second kappa shape index (κ2) is 20.2. The lowest BCUT2D eigenvalue weighted by atomic mass is 9.79. The number of halogens is 8. The van der Waals surface area contributed by atoms with E-state index in [0.29, 0.717) is 5.88 Å². The molecule has 0 saturated carbocycles. The predicted octanol–water partition coefficient (Wildman–Crippen LogP) is 6.73. The van der Waals surface area contributed by atoms with Crippen LogP contribution < -0.4 is 32.4 Å². The number of aromatic carboxylic acids is 1. The number of aromatic nitrogens is 4. The topological polar surface area (TPSA) is 236 Å². The van der Waals surface area contributed by atoms with Crippen LogP contribution in [0.25, 0.3) is 0 Å². The maximum Gasteiger partial charge on any atom is 0.356 e. The molecular weight excluding hydrogens is 859 g/mol. The predicted molar refractivity (Wildman–Crippen MR) is 214 cm³/mol. The van der Waals surface area contributed by atoms with Crippen LogP contribution in [-0.2, 0) is 17.5 Å². The number of methoxy groups -OCH3 is 2. The zero-order valence-electron chi connectivity index (χ0n) is 33.7. The van der Waals surface area contributed by atoms with E-state index in [0.717, 1.165) is 18.3 Å². The first-order valence-corrected chi connectivity index (χ1v) is 18.4. The van der Waals surface area contributed by atoms with E-state index < -0.39 is 76.6 Å². The molecule has 0 unspecified atom stereocenters. The van der Waals surface area contributed by atoms with Crippen molar-refractivity contribution >= 4 is 40.5 Å². The molecule has 0 bridgehead atoms. The van der Waals surface area contributed by atoms with Gasteiger partial charge in [0.15, 0.2) is 46.1 Å². The number of carboxylic acid groups (broad SMARTS) is 1. The number of piperidine rings is 1. The minimum absolute atomic E-state index is 0. The van der Waals surface area contributed by atoms with Crippen LogP contribution in [0.4, 0.5) is 40.8 Å². The van der Waals surface area contributed by atoms with Crippen molar-refractivity contribution in [3.63, 3.8) is 0 Å². The third kappa shape index (κ3) is 11.2. The van der Waals surface area contributed by atoms with Crippen molar-refractivity contribution < 1.29 is 59.3 Å². The highest BCUT2D eigenvalue weighted by Gasteiger charge is 2.47. The lowest BCUT2D eigenvalue weighted by Gasteiger charge is -2.42. The van der Waals surface area contributed by atoms with E-state index in [4.69, 9.17) is 33.5 Å². The standard InChI is InChI=1S/C20H20F4N4O2.C13H14F4N2S.C6H6N2O3.H3N/c1-19(3-4-20(24,10-21)18(25)28-19)12-5-11(6-13(22)17(12)23)7-15(29)14-8-27-16(30-2)9-26-14;1-12(2-3-13(17,6-14)11(20)19-12)8-4-7(18)5-9(15)10(8)16;1-11-5-3-7-4(2-8-5)6(9)10;/h5-6,8-9H,3-4,7,10H2,1-2H3,(H2,25,28);4-5H,2-3,6,18H2,1H3,(H,19,20);2-3H,1H3,(H,9,10);1H3/t19-,20-;12-,13-;;/m00../s1. The number of nitrogens with zero attached hydrogens (tertiary/aromatic N) is 5. The molecule has 2 aliphatic heterocycles. The summed E-state index contributed by atoms with van der Waals surface area (Å²) in [6.07, 6.45) is 4.02. The van der Waals surface area contributed by atoms with Crippen LogP contribution in [-0.4, -0.2) is 86.5 Å². The van der Waals surface area contributed by atoms with Crippen molar-refractivity contribution in [3.05, 3.63) is 100 Å². The Balaban J connectivity index is 0.000000275. The number of Topliss-reactive ketones (excluding diaryl/α,β-unsaturated/α-hetero) is 1. The quantitative estimate of drug-likeness (QED) is 0.0481. The molecule has 2 aliphatic rings. The van der Waals surface area contributed by atoms with E-state index in [1.54, 1.807) is 6.92 Å². The average molecular weight is 902 g/mol. The molecule has 6 rings (SSSR count). The van der Waals surface area contributed by atoms with Crippen LogP contribution in [0, 0.1) is 23.3 Å². The van der Waals surface area contributed by atoms with Crippen LogP contribution in [0.5, 0.6) is 11.8 Å². The Labute approximate surface area is 355 Å². The number of ether oxygens (including phenoxy) is 2. The zero-order chi connectivity index (χ0) is 45.5. The van der Waals surface area contributed by atoms with E-state index in [2.05, 4.69) is 35.0 Å². The Hall–Kier alpha value is -6.10. The SMILES string of the molecule is COc1cnc(C(=O)Cc2cc(F)c(F)c([C@]3(C)CC[C@](F)(CF)C(N)=N3)c2)cn1.COc1cnc(C(=O)O)cn1.C[C@@]1(c2cc(N)cc(F)c2F)CC[C@](F)(CF)C(=S)N1.N. The van der Waals surface area contributed by atoms with Gasteiger partial charge in [-0.3, -0.25) is 9.79 Å². The van der Waals surface area contributed by atoms with Crippen molar-refractivity contribution in [1.82, 2.24) is 31.4 Å². The number of hydrogen-bond donors (Lipinski definition) is 5. The number of thiocarbonyl (C=S) groups is 1. The molecule has 0 spiro atoms. The lowest BCUT2D eigenvalue weighted by molar-refractivity contribution is 0.0689. The highest BCUT2D eigenvalue weighted by atomic mass is 32.1. The fourth-order valence-corrected chi connectivity index (χ4v) is 6.54. The van der Waals surface area contributed by atoms with Crippen LogP contribution in [0.15, 0.2) is 54.0 Å². The third-order valence-corrected chi connectivity index (χ3v) is 10.4. The van der Waals surface area contributed by atoms with E-state index >= 15 is 0 Å². The number of nitrogens with one attached hydrogen (secondary N) is 1. The highest BCUT2D eigenvalue weighted by Crippen LogP contribution is 2.42. The third-order valence-electron chi connectivity index (χ3n) is 9.93. The van der Waals surface area contributed by atoms with Gasteiger partial charge in [0.25, 0.3) is 0 Å². The Morgan fingerprint density at radius 3 is 1.79 bits per heavy atom. The van der Waals surface area contributed by atoms with Crippen LogP contribution in [0.2, 0.25) is 0 Å². The molecule has 0 amide bonds. The second-order valence-electron chi connectivity index (χ2n) is 14.4.